The third-order valence-corrected chi connectivity index (χ3v) is 1.56. The lowest BCUT2D eigenvalue weighted by Gasteiger charge is -2.08. The monoisotopic (exact) mass is 203 g/mol. The molecule has 1 heterocycles. The van der Waals surface area contributed by atoms with Crippen LogP contribution in [0.15, 0.2) is 24.5 Å². The van der Waals surface area contributed by atoms with E-state index in [9.17, 15) is 13.2 Å². The molecule has 14 heavy (non-hydrogen) atoms. The molecule has 0 amide bonds. The summed E-state index contributed by atoms with van der Waals surface area (Å²) in [4.78, 5) is 3.40. The molecule has 1 aromatic rings. The van der Waals surface area contributed by atoms with Crippen molar-refractivity contribution in [3.63, 3.8) is 0 Å². The number of nitrogens with zero attached hydrogens (tertiary/aromatic N) is 1. The first-order chi connectivity index (χ1) is 6.55. The van der Waals surface area contributed by atoms with Gasteiger partial charge in [0.05, 0.1) is 12.2 Å². The van der Waals surface area contributed by atoms with Crippen LogP contribution in [0, 0.1) is 0 Å². The van der Waals surface area contributed by atoms with Crippen LogP contribution in [-0.4, -0.2) is 16.7 Å². The summed E-state index contributed by atoms with van der Waals surface area (Å²) in [6.07, 6.45) is 0.0712. The maximum Gasteiger partial charge on any atom is 0.418 e. The highest BCUT2D eigenvalue weighted by Gasteiger charge is 2.32. The van der Waals surface area contributed by atoms with Crippen molar-refractivity contribution in [2.75, 3.05) is 6.61 Å². The van der Waals surface area contributed by atoms with Crippen LogP contribution in [0.5, 0.6) is 0 Å². The van der Waals surface area contributed by atoms with Crippen molar-refractivity contribution in [2.45, 2.75) is 6.18 Å². The molecule has 5 heteroatoms. The van der Waals surface area contributed by atoms with Gasteiger partial charge in [0.2, 0.25) is 0 Å². The van der Waals surface area contributed by atoms with Gasteiger partial charge in [0.15, 0.2) is 0 Å². The Morgan fingerprint density at radius 2 is 2.14 bits per heavy atom. The fourth-order valence-corrected chi connectivity index (χ4v) is 0.967. The lowest BCUT2D eigenvalue weighted by atomic mass is 10.1. The fraction of sp³-hybridized carbons (Fsp3) is 0.222. The number of aliphatic hydroxyl groups is 1. The third-order valence-electron chi connectivity index (χ3n) is 1.56. The van der Waals surface area contributed by atoms with Crippen LogP contribution < -0.4 is 0 Å². The predicted octanol–water partition coefficient (Wildman–Crippen LogP) is 2.11. The summed E-state index contributed by atoms with van der Waals surface area (Å²) in [5.41, 5.74) is -0.800. The highest BCUT2D eigenvalue weighted by atomic mass is 19.4. The molecule has 0 radical (unpaired) electrons. The Hall–Kier alpha value is -1.36. The van der Waals surface area contributed by atoms with Crippen LogP contribution in [0.25, 0.3) is 6.08 Å². The molecule has 0 aliphatic heterocycles. The van der Waals surface area contributed by atoms with E-state index in [-0.39, 0.29) is 12.2 Å². The van der Waals surface area contributed by atoms with Crippen LogP contribution in [0.1, 0.15) is 11.1 Å². The zero-order valence-electron chi connectivity index (χ0n) is 7.12. The van der Waals surface area contributed by atoms with Crippen molar-refractivity contribution < 1.29 is 18.3 Å². The van der Waals surface area contributed by atoms with Crippen molar-refractivity contribution in [3.05, 3.63) is 35.7 Å². The molecule has 0 aromatic carbocycles. The van der Waals surface area contributed by atoms with E-state index in [4.69, 9.17) is 5.11 Å². The summed E-state index contributed by atoms with van der Waals surface area (Å²) in [7, 11) is 0. The molecule has 0 saturated carbocycles. The van der Waals surface area contributed by atoms with Crippen LogP contribution in [0.4, 0.5) is 13.2 Å². The first kappa shape index (κ1) is 10.7. The molecule has 0 aliphatic rings. The molecule has 0 unspecified atom stereocenters. The predicted molar refractivity (Wildman–Crippen MR) is 45.4 cm³/mol. The van der Waals surface area contributed by atoms with Crippen LogP contribution >= 0.6 is 0 Å². The van der Waals surface area contributed by atoms with E-state index in [1.165, 1.54) is 24.4 Å². The van der Waals surface area contributed by atoms with Crippen LogP contribution in [-0.2, 0) is 6.18 Å². The second kappa shape index (κ2) is 4.23. The average molecular weight is 203 g/mol. The second-order valence-electron chi connectivity index (χ2n) is 2.55. The lowest BCUT2D eigenvalue weighted by Crippen LogP contribution is -2.07. The van der Waals surface area contributed by atoms with Gasteiger partial charge in [-0.3, -0.25) is 4.98 Å². The minimum absolute atomic E-state index is 0.00144. The van der Waals surface area contributed by atoms with Crippen molar-refractivity contribution in [2.24, 2.45) is 0 Å². The van der Waals surface area contributed by atoms with E-state index in [1.807, 2.05) is 0 Å². The van der Waals surface area contributed by atoms with Gasteiger partial charge in [-0.25, -0.2) is 0 Å². The lowest BCUT2D eigenvalue weighted by molar-refractivity contribution is -0.138. The highest BCUT2D eigenvalue weighted by molar-refractivity contribution is 5.53. The molecule has 76 valence electrons. The quantitative estimate of drug-likeness (QED) is 0.798. The fourth-order valence-electron chi connectivity index (χ4n) is 0.967. The van der Waals surface area contributed by atoms with Crippen molar-refractivity contribution in [1.82, 2.24) is 4.98 Å². The molecular formula is C9H8F3NO. The van der Waals surface area contributed by atoms with E-state index in [0.717, 1.165) is 6.20 Å². The summed E-state index contributed by atoms with van der Waals surface area (Å²) < 4.78 is 37.0. The number of halogens is 3. The molecule has 0 fully saturated rings. The van der Waals surface area contributed by atoms with Gasteiger partial charge in [-0.15, -0.1) is 0 Å². The van der Waals surface area contributed by atoms with E-state index < -0.39 is 11.7 Å². The highest BCUT2D eigenvalue weighted by Crippen LogP contribution is 2.31. The van der Waals surface area contributed by atoms with Crippen molar-refractivity contribution >= 4 is 6.08 Å². The van der Waals surface area contributed by atoms with Crippen LogP contribution in [0.3, 0.4) is 0 Å². The number of aromatic nitrogens is 1. The number of hydrogen-bond donors (Lipinski definition) is 1. The topological polar surface area (TPSA) is 33.1 Å². The molecule has 1 aromatic heterocycles. The first-order valence-corrected chi connectivity index (χ1v) is 3.84. The van der Waals surface area contributed by atoms with E-state index >= 15 is 0 Å². The minimum Gasteiger partial charge on any atom is -0.392 e. The number of hydrogen-bond acceptors (Lipinski definition) is 2. The van der Waals surface area contributed by atoms with Crippen LogP contribution in [0.2, 0.25) is 0 Å². The smallest absolute Gasteiger partial charge is 0.392 e. The van der Waals surface area contributed by atoms with Gasteiger partial charge >= 0.3 is 6.18 Å². The number of alkyl halides is 3. The largest absolute Gasteiger partial charge is 0.418 e. The first-order valence-electron chi connectivity index (χ1n) is 3.84. The number of rotatable bonds is 2. The molecule has 0 spiro atoms. The Balaban J connectivity index is 3.10. The molecule has 0 bridgehead atoms. The van der Waals surface area contributed by atoms with E-state index in [2.05, 4.69) is 4.98 Å². The maximum absolute atomic E-state index is 12.3. The molecule has 2 nitrogen and oxygen atoms in total. The Labute approximate surface area is 78.7 Å². The Bertz CT molecular complexity index is 333. The SMILES string of the molecule is OC/C=C/c1ccncc1C(F)(F)F. The van der Waals surface area contributed by atoms with Gasteiger partial charge in [-0.05, 0) is 11.6 Å². The molecule has 0 aliphatic carbocycles. The summed E-state index contributed by atoms with van der Waals surface area (Å²) in [5, 5.41) is 8.44. The normalized spacial score (nSPS) is 12.3. The Morgan fingerprint density at radius 1 is 1.43 bits per heavy atom. The molecule has 1 N–H and O–H groups in total. The average Bonchev–Trinajstić information content (AvgIpc) is 2.14. The molecule has 0 atom stereocenters. The molecule has 0 saturated heterocycles. The Morgan fingerprint density at radius 3 is 2.71 bits per heavy atom. The van der Waals surface area contributed by atoms with E-state index in [0.29, 0.717) is 0 Å². The number of aliphatic hydroxyl groups excluding tert-OH is 1. The van der Waals surface area contributed by atoms with Gasteiger partial charge in [-0.1, -0.05) is 12.2 Å². The van der Waals surface area contributed by atoms with E-state index in [1.54, 1.807) is 0 Å². The van der Waals surface area contributed by atoms with Gasteiger partial charge in [0, 0.05) is 12.4 Å². The Kier molecular flexibility index (Phi) is 3.24. The van der Waals surface area contributed by atoms with Gasteiger partial charge in [0.25, 0.3) is 0 Å². The molecule has 1 rings (SSSR count). The zero-order valence-corrected chi connectivity index (χ0v) is 7.12. The van der Waals surface area contributed by atoms with Gasteiger partial charge in [-0.2, -0.15) is 13.2 Å². The summed E-state index contributed by atoms with van der Waals surface area (Å²) >= 11 is 0. The summed E-state index contributed by atoms with van der Waals surface area (Å²) in [6.45, 7) is -0.292. The van der Waals surface area contributed by atoms with Gasteiger partial charge in [0.1, 0.15) is 0 Å². The third kappa shape index (κ3) is 2.56. The standard InChI is InChI=1S/C9H8F3NO/c10-9(11,12)8-6-13-4-3-7(8)2-1-5-14/h1-4,6,14H,5H2/b2-1+. The van der Waals surface area contributed by atoms with Crippen molar-refractivity contribution in [3.8, 4) is 0 Å². The van der Waals surface area contributed by atoms with Gasteiger partial charge < -0.3 is 5.11 Å². The number of pyridine rings is 1. The molecular weight excluding hydrogens is 195 g/mol. The summed E-state index contributed by atoms with van der Waals surface area (Å²) in [5.74, 6) is 0. The summed E-state index contributed by atoms with van der Waals surface area (Å²) in [6, 6.07) is 1.25. The van der Waals surface area contributed by atoms with Crippen molar-refractivity contribution in [1.29, 1.82) is 0 Å². The second-order valence-corrected chi connectivity index (χ2v) is 2.55. The maximum atomic E-state index is 12.3. The zero-order chi connectivity index (χ0) is 10.6. The minimum atomic E-state index is -4.41.